The van der Waals surface area contributed by atoms with Crippen molar-refractivity contribution in [3.63, 3.8) is 0 Å². The predicted octanol–water partition coefficient (Wildman–Crippen LogP) is 1.51. The van der Waals surface area contributed by atoms with E-state index in [1.54, 1.807) is 4.90 Å². The summed E-state index contributed by atoms with van der Waals surface area (Å²) in [6.45, 7) is 8.55. The zero-order chi connectivity index (χ0) is 17.4. The van der Waals surface area contributed by atoms with Gasteiger partial charge in [-0.05, 0) is 19.4 Å². The summed E-state index contributed by atoms with van der Waals surface area (Å²) in [5.74, 6) is 1.42. The summed E-state index contributed by atoms with van der Waals surface area (Å²) in [7, 11) is 0. The average molecular weight is 336 g/mol. The lowest BCUT2D eigenvalue weighted by atomic mass is 10.1. The van der Waals surface area contributed by atoms with E-state index in [2.05, 4.69) is 17.9 Å². The molecule has 24 heavy (non-hydrogen) atoms. The third kappa shape index (κ3) is 4.85. The second-order valence-corrected chi connectivity index (χ2v) is 5.84. The molecule has 6 heteroatoms. The normalized spacial score (nSPS) is 15.4. The Balaban J connectivity index is 2.03. The molecule has 1 heterocycles. The van der Waals surface area contributed by atoms with Gasteiger partial charge in [-0.2, -0.15) is 0 Å². The predicted molar refractivity (Wildman–Crippen MR) is 92.3 cm³/mol. The van der Waals surface area contributed by atoms with Crippen LogP contribution in [0.5, 0.6) is 11.5 Å². The maximum atomic E-state index is 11.5. The first-order valence-electron chi connectivity index (χ1n) is 8.68. The number of ether oxygens (including phenoxy) is 2. The summed E-state index contributed by atoms with van der Waals surface area (Å²) in [6.07, 6.45) is 0.946. The van der Waals surface area contributed by atoms with Gasteiger partial charge in [0.05, 0.1) is 13.2 Å². The van der Waals surface area contributed by atoms with Gasteiger partial charge in [-0.25, -0.2) is 0 Å². The van der Waals surface area contributed by atoms with E-state index in [-0.39, 0.29) is 5.91 Å². The van der Waals surface area contributed by atoms with Crippen LogP contribution in [-0.4, -0.2) is 66.8 Å². The molecule has 0 unspecified atom stereocenters. The molecule has 134 valence electrons. The van der Waals surface area contributed by atoms with Crippen LogP contribution in [-0.2, 0) is 11.3 Å². The third-order valence-electron chi connectivity index (χ3n) is 4.07. The zero-order valence-electron chi connectivity index (χ0n) is 14.7. The van der Waals surface area contributed by atoms with Gasteiger partial charge in [0, 0.05) is 38.3 Å². The van der Waals surface area contributed by atoms with Crippen LogP contribution in [0.25, 0.3) is 0 Å². The minimum atomic E-state index is -0.411. The number of para-hydroxylation sites is 1. The van der Waals surface area contributed by atoms with E-state index in [0.29, 0.717) is 26.3 Å². The lowest BCUT2D eigenvalue weighted by molar-refractivity contribution is -0.136. The van der Waals surface area contributed by atoms with E-state index in [1.807, 2.05) is 19.1 Å². The number of hydrogen-bond acceptors (Lipinski definition) is 5. The first kappa shape index (κ1) is 18.5. The molecular weight excluding hydrogens is 308 g/mol. The summed E-state index contributed by atoms with van der Waals surface area (Å²) in [5, 5.41) is 8.95. The van der Waals surface area contributed by atoms with E-state index in [1.165, 1.54) is 0 Å². The Kier molecular flexibility index (Phi) is 7.34. The molecule has 1 saturated heterocycles. The number of aliphatic hydroxyl groups excluding tert-OH is 1. The number of carbonyl (C=O) groups is 1. The smallest absolute Gasteiger partial charge is 0.248 e. The fourth-order valence-corrected chi connectivity index (χ4v) is 2.82. The number of aliphatic hydroxyl groups is 1. The van der Waals surface area contributed by atoms with Gasteiger partial charge in [-0.3, -0.25) is 9.69 Å². The maximum absolute atomic E-state index is 11.5. The van der Waals surface area contributed by atoms with Gasteiger partial charge >= 0.3 is 0 Å². The van der Waals surface area contributed by atoms with Gasteiger partial charge in [0.15, 0.2) is 11.5 Å². The average Bonchev–Trinajstić information content (AvgIpc) is 2.61. The Hall–Kier alpha value is -1.79. The number of benzene rings is 1. The number of carbonyl (C=O) groups excluding carboxylic acids is 1. The van der Waals surface area contributed by atoms with Crippen molar-refractivity contribution in [2.45, 2.75) is 26.8 Å². The highest BCUT2D eigenvalue weighted by atomic mass is 16.5. The second-order valence-electron chi connectivity index (χ2n) is 5.84. The SMILES string of the molecule is CCCOc1c(CN2CCN(C(=O)CO)CC2)cccc1OCC. The van der Waals surface area contributed by atoms with Crippen LogP contribution < -0.4 is 9.47 Å². The molecule has 1 amide bonds. The Morgan fingerprint density at radius 2 is 1.92 bits per heavy atom. The summed E-state index contributed by atoms with van der Waals surface area (Å²) < 4.78 is 11.6. The van der Waals surface area contributed by atoms with Crippen molar-refractivity contribution in [1.29, 1.82) is 0 Å². The van der Waals surface area contributed by atoms with Crippen LogP contribution in [0.2, 0.25) is 0 Å². The summed E-state index contributed by atoms with van der Waals surface area (Å²) in [4.78, 5) is 15.5. The molecule has 2 rings (SSSR count). The third-order valence-corrected chi connectivity index (χ3v) is 4.07. The number of piperazine rings is 1. The molecule has 6 nitrogen and oxygen atoms in total. The lowest BCUT2D eigenvalue weighted by Gasteiger charge is -2.34. The number of hydrogen-bond donors (Lipinski definition) is 1. The molecule has 1 N–H and O–H groups in total. The van der Waals surface area contributed by atoms with E-state index in [9.17, 15) is 4.79 Å². The summed E-state index contributed by atoms with van der Waals surface area (Å²) in [6, 6.07) is 6.00. The fourth-order valence-electron chi connectivity index (χ4n) is 2.82. The molecule has 1 aliphatic heterocycles. The Morgan fingerprint density at radius 3 is 2.54 bits per heavy atom. The quantitative estimate of drug-likeness (QED) is 0.780. The highest BCUT2D eigenvalue weighted by Crippen LogP contribution is 2.32. The van der Waals surface area contributed by atoms with Crippen LogP contribution in [0.4, 0.5) is 0 Å². The van der Waals surface area contributed by atoms with E-state index in [4.69, 9.17) is 14.6 Å². The minimum absolute atomic E-state index is 0.194. The van der Waals surface area contributed by atoms with E-state index < -0.39 is 6.61 Å². The van der Waals surface area contributed by atoms with Gasteiger partial charge in [0.1, 0.15) is 6.61 Å². The van der Waals surface area contributed by atoms with Crippen LogP contribution in [0, 0.1) is 0 Å². The molecular formula is C18H28N2O4. The topological polar surface area (TPSA) is 62.2 Å². The van der Waals surface area contributed by atoms with Gasteiger partial charge in [0.2, 0.25) is 5.91 Å². The van der Waals surface area contributed by atoms with Crippen molar-refractivity contribution in [3.05, 3.63) is 23.8 Å². The summed E-state index contributed by atoms with van der Waals surface area (Å²) in [5.41, 5.74) is 1.11. The molecule has 0 atom stereocenters. The maximum Gasteiger partial charge on any atom is 0.248 e. The van der Waals surface area contributed by atoms with E-state index >= 15 is 0 Å². The zero-order valence-corrected chi connectivity index (χ0v) is 14.7. The van der Waals surface area contributed by atoms with Crippen molar-refractivity contribution in [3.8, 4) is 11.5 Å². The molecule has 1 aromatic carbocycles. The molecule has 0 aliphatic carbocycles. The van der Waals surface area contributed by atoms with Crippen molar-refractivity contribution in [2.24, 2.45) is 0 Å². The number of amides is 1. The molecule has 0 saturated carbocycles. The monoisotopic (exact) mass is 336 g/mol. The molecule has 1 fully saturated rings. The Bertz CT molecular complexity index is 528. The minimum Gasteiger partial charge on any atom is -0.490 e. The standard InChI is InChI=1S/C18H28N2O4/c1-3-12-24-18-15(6-5-7-16(18)23-4-2)13-19-8-10-20(11-9-19)17(22)14-21/h5-7,21H,3-4,8-14H2,1-2H3. The fraction of sp³-hybridized carbons (Fsp3) is 0.611. The first-order chi connectivity index (χ1) is 11.7. The first-order valence-corrected chi connectivity index (χ1v) is 8.68. The molecule has 1 aliphatic rings. The van der Waals surface area contributed by atoms with Crippen molar-refractivity contribution in [2.75, 3.05) is 46.0 Å². The molecule has 0 bridgehead atoms. The van der Waals surface area contributed by atoms with Crippen molar-refractivity contribution >= 4 is 5.91 Å². The van der Waals surface area contributed by atoms with Crippen LogP contribution in [0.1, 0.15) is 25.8 Å². The Labute approximate surface area is 144 Å². The van der Waals surface area contributed by atoms with Gasteiger partial charge < -0.3 is 19.5 Å². The molecule has 0 radical (unpaired) electrons. The largest absolute Gasteiger partial charge is 0.490 e. The van der Waals surface area contributed by atoms with E-state index in [0.717, 1.165) is 43.1 Å². The number of nitrogens with zero attached hydrogens (tertiary/aromatic N) is 2. The van der Waals surface area contributed by atoms with Gasteiger partial charge in [-0.1, -0.05) is 19.1 Å². The highest BCUT2D eigenvalue weighted by Gasteiger charge is 2.22. The van der Waals surface area contributed by atoms with Gasteiger partial charge in [0.25, 0.3) is 0 Å². The molecule has 1 aromatic rings. The molecule has 0 spiro atoms. The van der Waals surface area contributed by atoms with Gasteiger partial charge in [-0.15, -0.1) is 0 Å². The van der Waals surface area contributed by atoms with Crippen LogP contribution >= 0.6 is 0 Å². The number of rotatable bonds is 8. The van der Waals surface area contributed by atoms with Crippen molar-refractivity contribution < 1.29 is 19.4 Å². The lowest BCUT2D eigenvalue weighted by Crippen LogP contribution is -2.49. The van der Waals surface area contributed by atoms with Crippen LogP contribution in [0.15, 0.2) is 18.2 Å². The Morgan fingerprint density at radius 1 is 1.17 bits per heavy atom. The van der Waals surface area contributed by atoms with Crippen molar-refractivity contribution in [1.82, 2.24) is 9.80 Å². The second kappa shape index (κ2) is 9.49. The summed E-state index contributed by atoms with van der Waals surface area (Å²) >= 11 is 0. The van der Waals surface area contributed by atoms with Crippen LogP contribution in [0.3, 0.4) is 0 Å². The molecule has 0 aromatic heterocycles. The highest BCUT2D eigenvalue weighted by molar-refractivity contribution is 5.77.